The second-order valence-corrected chi connectivity index (χ2v) is 11.0. The van der Waals surface area contributed by atoms with Gasteiger partial charge in [-0.1, -0.05) is 36.4 Å². The predicted octanol–water partition coefficient (Wildman–Crippen LogP) is 2.43. The molecule has 1 unspecified atom stereocenters. The number of carbonyl (C=O) groups is 1. The summed E-state index contributed by atoms with van der Waals surface area (Å²) in [5.74, 6) is -0.229. The summed E-state index contributed by atoms with van der Waals surface area (Å²) in [6.45, 7) is 2.42. The van der Waals surface area contributed by atoms with Gasteiger partial charge in [0.25, 0.3) is 0 Å². The number of hydrogen-bond donors (Lipinski definition) is 1. The van der Waals surface area contributed by atoms with Gasteiger partial charge in [-0.3, -0.25) is 9.69 Å². The third kappa shape index (κ3) is 5.25. The van der Waals surface area contributed by atoms with Gasteiger partial charge in [0.1, 0.15) is 0 Å². The molecule has 0 bridgehead atoms. The van der Waals surface area contributed by atoms with E-state index < -0.39 is 15.3 Å². The number of benzene rings is 1. The molecule has 6 nitrogen and oxygen atoms in total. The molecule has 8 heteroatoms. The van der Waals surface area contributed by atoms with Gasteiger partial charge in [0.2, 0.25) is 15.9 Å². The maximum atomic E-state index is 13.3. The van der Waals surface area contributed by atoms with E-state index in [1.165, 1.54) is 9.87 Å². The Balaban J connectivity index is 1.35. The quantitative estimate of drug-likeness (QED) is 0.659. The van der Waals surface area contributed by atoms with Gasteiger partial charge in [-0.05, 0) is 42.8 Å². The van der Waals surface area contributed by atoms with E-state index >= 15 is 0 Å². The van der Waals surface area contributed by atoms with Crippen LogP contribution in [-0.4, -0.2) is 54.5 Å². The fourth-order valence-electron chi connectivity index (χ4n) is 3.80. The van der Waals surface area contributed by atoms with Gasteiger partial charge in [0.05, 0.1) is 18.3 Å². The number of sulfonamides is 1. The first-order valence-electron chi connectivity index (χ1n) is 10.1. The molecule has 2 aromatic rings. The van der Waals surface area contributed by atoms with E-state index in [-0.39, 0.29) is 18.5 Å². The van der Waals surface area contributed by atoms with Gasteiger partial charge >= 0.3 is 0 Å². The van der Waals surface area contributed by atoms with Crippen LogP contribution >= 0.6 is 11.3 Å². The van der Waals surface area contributed by atoms with Crippen molar-refractivity contribution in [1.82, 2.24) is 14.5 Å². The highest BCUT2D eigenvalue weighted by Gasteiger charge is 2.44. The highest BCUT2D eigenvalue weighted by Crippen LogP contribution is 2.32. The Kier molecular flexibility index (Phi) is 6.34. The fraction of sp³-hybridized carbons (Fsp3) is 0.476. The van der Waals surface area contributed by atoms with Gasteiger partial charge in [-0.15, -0.1) is 11.3 Å². The number of carbonyl (C=O) groups excluding carboxylic acids is 1. The van der Waals surface area contributed by atoms with E-state index in [1.54, 1.807) is 11.3 Å². The Labute approximate surface area is 176 Å². The number of likely N-dealkylation sites (tertiary alicyclic amines) is 1. The molecule has 1 saturated heterocycles. The van der Waals surface area contributed by atoms with Gasteiger partial charge in [-0.2, -0.15) is 4.31 Å². The van der Waals surface area contributed by atoms with Crippen LogP contribution in [-0.2, 0) is 27.9 Å². The maximum Gasteiger partial charge on any atom is 0.235 e. The molecular formula is C21H27N3O3S2. The summed E-state index contributed by atoms with van der Waals surface area (Å²) in [4.78, 5) is 15.7. The van der Waals surface area contributed by atoms with E-state index in [1.807, 2.05) is 35.7 Å². The summed E-state index contributed by atoms with van der Waals surface area (Å²) >= 11 is 1.58. The zero-order valence-electron chi connectivity index (χ0n) is 16.4. The van der Waals surface area contributed by atoms with Crippen molar-refractivity contribution >= 4 is 27.3 Å². The van der Waals surface area contributed by atoms with Crippen LogP contribution in [0.4, 0.5) is 0 Å². The molecule has 2 aliphatic rings. The maximum absolute atomic E-state index is 13.3. The minimum absolute atomic E-state index is 0.0179. The van der Waals surface area contributed by atoms with Crippen LogP contribution in [0.1, 0.15) is 29.7 Å². The molecule has 1 aliphatic heterocycles. The summed E-state index contributed by atoms with van der Waals surface area (Å²) in [5, 5.41) is 4.39. The molecule has 0 spiro atoms. The lowest BCUT2D eigenvalue weighted by atomic mass is 10.2. The predicted molar refractivity (Wildman–Crippen MR) is 115 cm³/mol. The zero-order valence-corrected chi connectivity index (χ0v) is 18.0. The minimum atomic E-state index is -3.50. The molecule has 29 heavy (non-hydrogen) atoms. The Morgan fingerprint density at radius 2 is 1.93 bits per heavy atom. The number of nitrogens with zero attached hydrogens (tertiary/aromatic N) is 2. The van der Waals surface area contributed by atoms with Gasteiger partial charge in [0, 0.05) is 24.0 Å². The Morgan fingerprint density at radius 1 is 1.14 bits per heavy atom. The molecule has 2 fully saturated rings. The number of amides is 1. The van der Waals surface area contributed by atoms with Crippen LogP contribution in [0.2, 0.25) is 0 Å². The molecule has 1 amide bonds. The van der Waals surface area contributed by atoms with Crippen LogP contribution in [0.25, 0.3) is 0 Å². The largest absolute Gasteiger partial charge is 0.350 e. The van der Waals surface area contributed by atoms with E-state index in [0.717, 1.165) is 30.8 Å². The first kappa shape index (κ1) is 20.5. The minimum Gasteiger partial charge on any atom is -0.350 e. The average molecular weight is 434 g/mol. The smallest absolute Gasteiger partial charge is 0.235 e. The molecule has 1 aromatic heterocycles. The number of rotatable bonds is 9. The first-order chi connectivity index (χ1) is 14.0. The van der Waals surface area contributed by atoms with Crippen LogP contribution in [0.15, 0.2) is 47.8 Å². The van der Waals surface area contributed by atoms with Gasteiger partial charge in [-0.25, -0.2) is 8.42 Å². The normalized spacial score (nSPS) is 20.2. The second-order valence-electron chi connectivity index (χ2n) is 7.81. The molecule has 1 N–H and O–H groups in total. The summed E-state index contributed by atoms with van der Waals surface area (Å²) < 4.78 is 28.1. The average Bonchev–Trinajstić information content (AvgIpc) is 3.20. The van der Waals surface area contributed by atoms with Crippen molar-refractivity contribution in [2.45, 2.75) is 43.6 Å². The standard InChI is InChI=1S/C21H27N3O3S2/c25-21(22-13-19-7-4-12-28-19)16-24(18-8-9-18)29(26,27)20-10-11-23(15-20)14-17-5-2-1-3-6-17/h1-7,12,18,20H,8-11,13-16H2,(H,22,25). The Bertz CT molecular complexity index is 912. The summed E-state index contributed by atoms with van der Waals surface area (Å²) in [7, 11) is -3.50. The lowest BCUT2D eigenvalue weighted by Gasteiger charge is -2.25. The highest BCUT2D eigenvalue weighted by atomic mass is 32.2. The molecule has 1 atom stereocenters. The third-order valence-corrected chi connectivity index (χ3v) is 8.70. The van der Waals surface area contributed by atoms with Crippen molar-refractivity contribution < 1.29 is 13.2 Å². The monoisotopic (exact) mass is 433 g/mol. The summed E-state index contributed by atoms with van der Waals surface area (Å²) in [6, 6.07) is 14.0. The molecule has 2 heterocycles. The Hall–Kier alpha value is -1.74. The van der Waals surface area contributed by atoms with Gasteiger partial charge < -0.3 is 5.32 Å². The van der Waals surface area contributed by atoms with Crippen LogP contribution in [0, 0.1) is 0 Å². The molecule has 1 aromatic carbocycles. The van der Waals surface area contributed by atoms with Crippen molar-refractivity contribution in [3.8, 4) is 0 Å². The van der Waals surface area contributed by atoms with Gasteiger partial charge in [0.15, 0.2) is 0 Å². The van der Waals surface area contributed by atoms with E-state index in [2.05, 4.69) is 22.3 Å². The SMILES string of the molecule is O=C(CN(C1CC1)S(=O)(=O)C1CCN(Cc2ccccc2)C1)NCc1cccs1. The summed E-state index contributed by atoms with van der Waals surface area (Å²) in [5.41, 5.74) is 1.19. The molecule has 1 saturated carbocycles. The lowest BCUT2D eigenvalue weighted by molar-refractivity contribution is -0.121. The van der Waals surface area contributed by atoms with Crippen LogP contribution in [0.3, 0.4) is 0 Å². The second kappa shape index (κ2) is 8.95. The number of hydrogen-bond acceptors (Lipinski definition) is 5. The first-order valence-corrected chi connectivity index (χ1v) is 12.5. The zero-order chi connectivity index (χ0) is 20.3. The third-order valence-electron chi connectivity index (χ3n) is 5.52. The van der Waals surface area contributed by atoms with E-state index in [0.29, 0.717) is 19.5 Å². The van der Waals surface area contributed by atoms with Crippen LogP contribution in [0.5, 0.6) is 0 Å². The van der Waals surface area contributed by atoms with Crippen molar-refractivity contribution in [1.29, 1.82) is 0 Å². The molecule has 4 rings (SSSR count). The van der Waals surface area contributed by atoms with Crippen molar-refractivity contribution in [3.63, 3.8) is 0 Å². The summed E-state index contributed by atoms with van der Waals surface area (Å²) in [6.07, 6.45) is 2.31. The molecular weight excluding hydrogens is 406 g/mol. The fourth-order valence-corrected chi connectivity index (χ4v) is 6.56. The van der Waals surface area contributed by atoms with Crippen molar-refractivity contribution in [2.24, 2.45) is 0 Å². The van der Waals surface area contributed by atoms with Crippen molar-refractivity contribution in [2.75, 3.05) is 19.6 Å². The molecule has 156 valence electrons. The molecule has 1 aliphatic carbocycles. The highest BCUT2D eigenvalue weighted by molar-refractivity contribution is 7.89. The molecule has 0 radical (unpaired) electrons. The number of thiophene rings is 1. The van der Waals surface area contributed by atoms with Crippen LogP contribution < -0.4 is 5.32 Å². The van der Waals surface area contributed by atoms with E-state index in [4.69, 9.17) is 0 Å². The number of nitrogens with one attached hydrogen (secondary N) is 1. The van der Waals surface area contributed by atoms with Crippen molar-refractivity contribution in [3.05, 3.63) is 58.3 Å². The topological polar surface area (TPSA) is 69.7 Å². The lowest BCUT2D eigenvalue weighted by Crippen LogP contribution is -2.46. The van der Waals surface area contributed by atoms with E-state index in [9.17, 15) is 13.2 Å². The Morgan fingerprint density at radius 3 is 2.62 bits per heavy atom.